The number of para-hydroxylation sites is 2. The summed E-state index contributed by atoms with van der Waals surface area (Å²) in [6.45, 7) is 0. The van der Waals surface area contributed by atoms with E-state index >= 15 is 0 Å². The molecule has 0 fully saturated rings. The van der Waals surface area contributed by atoms with Crippen molar-refractivity contribution in [3.05, 3.63) is 36.9 Å². The topological polar surface area (TPSA) is 64.7 Å². The molecule has 2 aromatic heterocycles. The summed E-state index contributed by atoms with van der Waals surface area (Å²) in [5.74, 6) is 0.861. The molecule has 0 saturated heterocycles. The van der Waals surface area contributed by atoms with Crippen LogP contribution in [0.15, 0.2) is 41.3 Å². The lowest BCUT2D eigenvalue weighted by Crippen LogP contribution is -1.88. The van der Waals surface area contributed by atoms with Crippen molar-refractivity contribution in [1.29, 1.82) is 0 Å². The van der Waals surface area contributed by atoms with Crippen LogP contribution in [0.1, 0.15) is 0 Å². The van der Waals surface area contributed by atoms with Crippen LogP contribution in [0.4, 0.5) is 0 Å². The van der Waals surface area contributed by atoms with Gasteiger partial charge in [0, 0.05) is 0 Å². The molecule has 72 valence electrons. The van der Waals surface area contributed by atoms with Crippen LogP contribution in [0.5, 0.6) is 0 Å². The maximum absolute atomic E-state index is 5.49. The molecule has 2 heterocycles. The number of rotatable bonds is 1. The lowest BCUT2D eigenvalue weighted by molar-refractivity contribution is 0.612. The van der Waals surface area contributed by atoms with Crippen molar-refractivity contribution in [2.45, 2.75) is 0 Å². The van der Waals surface area contributed by atoms with Gasteiger partial charge in [-0.3, -0.25) is 0 Å². The van der Waals surface area contributed by atoms with Gasteiger partial charge in [0.25, 0.3) is 5.89 Å². The molecular weight excluding hydrogens is 192 g/mol. The van der Waals surface area contributed by atoms with E-state index in [0.29, 0.717) is 11.7 Å². The quantitative estimate of drug-likeness (QED) is 0.595. The molecule has 0 spiro atoms. The first-order valence-electron chi connectivity index (χ1n) is 4.41. The summed E-state index contributed by atoms with van der Waals surface area (Å²) in [5, 5.41) is 0. The zero-order chi connectivity index (χ0) is 10.1. The summed E-state index contributed by atoms with van der Waals surface area (Å²) in [6.07, 6.45) is 2.83. The minimum atomic E-state index is 0.415. The fraction of sp³-hybridized carbons (Fsp3) is 0. The Morgan fingerprint density at radius 2 is 1.80 bits per heavy atom. The first-order chi connectivity index (χ1) is 7.43. The van der Waals surface area contributed by atoms with Gasteiger partial charge in [0.15, 0.2) is 5.58 Å². The van der Waals surface area contributed by atoms with Crippen molar-refractivity contribution >= 4 is 11.1 Å². The Balaban J connectivity index is 2.21. The molecule has 3 rings (SSSR count). The summed E-state index contributed by atoms with van der Waals surface area (Å²) in [5.41, 5.74) is 1.53. The zero-order valence-corrected chi connectivity index (χ0v) is 7.66. The Bertz CT molecular complexity index is 557. The molecule has 0 radical (unpaired) electrons. The van der Waals surface area contributed by atoms with Crippen LogP contribution in [-0.4, -0.2) is 19.9 Å². The average molecular weight is 198 g/mol. The van der Waals surface area contributed by atoms with E-state index in [0.717, 1.165) is 11.1 Å². The molecule has 5 nitrogen and oxygen atoms in total. The van der Waals surface area contributed by atoms with Crippen LogP contribution in [0.25, 0.3) is 22.8 Å². The number of hydrogen-bond acceptors (Lipinski definition) is 5. The summed E-state index contributed by atoms with van der Waals surface area (Å²) in [6, 6.07) is 7.53. The SMILES string of the molecule is c1ccc2oc(-c3ncncn3)nc2c1. The van der Waals surface area contributed by atoms with Gasteiger partial charge in [-0.25, -0.2) is 19.9 Å². The maximum atomic E-state index is 5.49. The van der Waals surface area contributed by atoms with Gasteiger partial charge in [-0.1, -0.05) is 12.1 Å². The summed E-state index contributed by atoms with van der Waals surface area (Å²) in [7, 11) is 0. The van der Waals surface area contributed by atoms with E-state index in [1.54, 1.807) is 0 Å². The molecule has 0 N–H and O–H groups in total. The fourth-order valence-corrected chi connectivity index (χ4v) is 1.32. The van der Waals surface area contributed by atoms with Gasteiger partial charge in [-0.15, -0.1) is 0 Å². The van der Waals surface area contributed by atoms with Gasteiger partial charge in [0.05, 0.1) is 0 Å². The highest BCUT2D eigenvalue weighted by Gasteiger charge is 2.09. The van der Waals surface area contributed by atoms with E-state index in [2.05, 4.69) is 19.9 Å². The van der Waals surface area contributed by atoms with E-state index in [1.807, 2.05) is 24.3 Å². The molecule has 0 unspecified atom stereocenters. The molecule has 15 heavy (non-hydrogen) atoms. The third-order valence-corrected chi connectivity index (χ3v) is 1.98. The van der Waals surface area contributed by atoms with Crippen molar-refractivity contribution in [2.75, 3.05) is 0 Å². The number of aromatic nitrogens is 4. The Morgan fingerprint density at radius 3 is 2.60 bits per heavy atom. The summed E-state index contributed by atoms with van der Waals surface area (Å²) < 4.78 is 5.49. The molecule has 1 aromatic carbocycles. The highest BCUT2D eigenvalue weighted by atomic mass is 16.3. The van der Waals surface area contributed by atoms with Gasteiger partial charge in [-0.05, 0) is 12.1 Å². The van der Waals surface area contributed by atoms with Crippen molar-refractivity contribution in [3.8, 4) is 11.7 Å². The Kier molecular flexibility index (Phi) is 1.68. The van der Waals surface area contributed by atoms with Gasteiger partial charge >= 0.3 is 0 Å². The molecule has 0 aliphatic heterocycles. The fourth-order valence-electron chi connectivity index (χ4n) is 1.32. The first-order valence-corrected chi connectivity index (χ1v) is 4.41. The molecule has 0 aliphatic rings. The lowest BCUT2D eigenvalue weighted by Gasteiger charge is -1.88. The zero-order valence-electron chi connectivity index (χ0n) is 7.66. The Hall–Kier alpha value is -2.30. The second-order valence-electron chi connectivity index (χ2n) is 2.95. The molecule has 3 aromatic rings. The van der Waals surface area contributed by atoms with Crippen molar-refractivity contribution in [2.24, 2.45) is 0 Å². The van der Waals surface area contributed by atoms with Crippen LogP contribution in [-0.2, 0) is 0 Å². The minimum absolute atomic E-state index is 0.415. The third kappa shape index (κ3) is 1.34. The highest BCUT2D eigenvalue weighted by Crippen LogP contribution is 2.20. The largest absolute Gasteiger partial charge is 0.434 e. The third-order valence-electron chi connectivity index (χ3n) is 1.98. The van der Waals surface area contributed by atoms with Crippen molar-refractivity contribution in [1.82, 2.24) is 19.9 Å². The highest BCUT2D eigenvalue weighted by molar-refractivity contribution is 5.74. The summed E-state index contributed by atoms with van der Waals surface area (Å²) in [4.78, 5) is 15.9. The van der Waals surface area contributed by atoms with Crippen LogP contribution in [0.3, 0.4) is 0 Å². The van der Waals surface area contributed by atoms with Crippen LogP contribution in [0.2, 0.25) is 0 Å². The number of oxazole rings is 1. The van der Waals surface area contributed by atoms with Crippen molar-refractivity contribution < 1.29 is 4.42 Å². The monoisotopic (exact) mass is 198 g/mol. The molecular formula is C10H6N4O. The Labute approximate surface area is 84.8 Å². The smallest absolute Gasteiger partial charge is 0.266 e. The van der Waals surface area contributed by atoms with Gasteiger partial charge in [0.1, 0.15) is 18.2 Å². The second kappa shape index (κ2) is 3.13. The van der Waals surface area contributed by atoms with E-state index < -0.39 is 0 Å². The van der Waals surface area contributed by atoms with E-state index in [4.69, 9.17) is 4.42 Å². The standard InChI is InChI=1S/C10H6N4O/c1-2-4-8-7(3-1)14-10(15-8)9-12-5-11-6-13-9/h1-6H. The molecule has 0 bridgehead atoms. The number of nitrogens with zero attached hydrogens (tertiary/aromatic N) is 4. The number of hydrogen-bond donors (Lipinski definition) is 0. The maximum Gasteiger partial charge on any atom is 0.266 e. The number of benzene rings is 1. The van der Waals surface area contributed by atoms with E-state index in [1.165, 1.54) is 12.7 Å². The molecule has 0 atom stereocenters. The molecule has 0 amide bonds. The van der Waals surface area contributed by atoms with E-state index in [-0.39, 0.29) is 0 Å². The molecule has 0 aliphatic carbocycles. The van der Waals surface area contributed by atoms with E-state index in [9.17, 15) is 0 Å². The molecule has 0 saturated carbocycles. The first kappa shape index (κ1) is 8.05. The van der Waals surface area contributed by atoms with Gasteiger partial charge < -0.3 is 4.42 Å². The van der Waals surface area contributed by atoms with Crippen LogP contribution >= 0.6 is 0 Å². The predicted octanol–water partition coefficient (Wildman–Crippen LogP) is 1.68. The van der Waals surface area contributed by atoms with Crippen LogP contribution < -0.4 is 0 Å². The second-order valence-corrected chi connectivity index (χ2v) is 2.95. The van der Waals surface area contributed by atoms with Gasteiger partial charge in [-0.2, -0.15) is 0 Å². The normalized spacial score (nSPS) is 10.7. The lowest BCUT2D eigenvalue weighted by atomic mass is 10.3. The Morgan fingerprint density at radius 1 is 1.00 bits per heavy atom. The van der Waals surface area contributed by atoms with Crippen molar-refractivity contribution in [3.63, 3.8) is 0 Å². The molecule has 5 heteroatoms. The minimum Gasteiger partial charge on any atom is -0.434 e. The van der Waals surface area contributed by atoms with Gasteiger partial charge in [0.2, 0.25) is 5.82 Å². The number of fused-ring (bicyclic) bond motifs is 1. The van der Waals surface area contributed by atoms with Crippen LogP contribution in [0, 0.1) is 0 Å². The summed E-state index contributed by atoms with van der Waals surface area (Å²) >= 11 is 0. The average Bonchev–Trinajstić information content (AvgIpc) is 2.74. The predicted molar refractivity (Wildman–Crippen MR) is 52.8 cm³/mol.